The highest BCUT2D eigenvalue weighted by Crippen LogP contribution is 2.40. The van der Waals surface area contributed by atoms with Crippen LogP contribution in [0.15, 0.2) is 0 Å². The Balaban J connectivity index is 5.07. The molecular formula is C4H3F7O4S. The average molecular weight is 280 g/mol. The van der Waals surface area contributed by atoms with Gasteiger partial charge in [-0.15, -0.1) is 0 Å². The summed E-state index contributed by atoms with van der Waals surface area (Å²) in [6.45, 7) is 0. The fraction of sp³-hybridized carbons (Fsp3) is 1.00. The van der Waals surface area contributed by atoms with Gasteiger partial charge in [0.1, 0.15) is 0 Å². The summed E-state index contributed by atoms with van der Waals surface area (Å²) in [4.78, 5) is 0. The molecule has 0 aromatic rings. The summed E-state index contributed by atoms with van der Waals surface area (Å²) in [5.41, 5.74) is 0. The number of ether oxygens (including phenoxy) is 1. The lowest BCUT2D eigenvalue weighted by molar-refractivity contribution is -0.364. The fourth-order valence-corrected chi connectivity index (χ4v) is 0.760. The molecule has 1 unspecified atom stereocenters. The first-order chi connectivity index (χ1) is 6.83. The van der Waals surface area contributed by atoms with E-state index in [0.29, 0.717) is 0 Å². The van der Waals surface area contributed by atoms with Gasteiger partial charge in [0.05, 0.1) is 0 Å². The number of halogens is 7. The van der Waals surface area contributed by atoms with Gasteiger partial charge in [0.2, 0.25) is 0 Å². The van der Waals surface area contributed by atoms with Gasteiger partial charge < -0.3 is 0 Å². The Hall–Kier alpha value is -0.620. The second-order valence-corrected chi connectivity index (χ2v) is 3.77. The Labute approximate surface area is 83.7 Å². The van der Waals surface area contributed by atoms with E-state index in [1.807, 2.05) is 0 Å². The predicted octanol–water partition coefficient (Wildman–Crippen LogP) is 1.64. The van der Waals surface area contributed by atoms with Gasteiger partial charge >= 0.3 is 21.5 Å². The van der Waals surface area contributed by atoms with Crippen LogP contribution in [0.3, 0.4) is 0 Å². The van der Waals surface area contributed by atoms with Crippen molar-refractivity contribution in [1.82, 2.24) is 0 Å². The van der Waals surface area contributed by atoms with Gasteiger partial charge in [0.15, 0.2) is 0 Å². The average Bonchev–Trinajstić information content (AvgIpc) is 2.00. The molecule has 0 fully saturated rings. The minimum absolute atomic E-state index is 2.25. The van der Waals surface area contributed by atoms with E-state index in [4.69, 9.17) is 4.55 Å². The molecule has 0 heterocycles. The van der Waals surface area contributed by atoms with E-state index in [1.54, 1.807) is 0 Å². The summed E-state index contributed by atoms with van der Waals surface area (Å²) in [5.74, 6) is 0. The highest BCUT2D eigenvalue weighted by Gasteiger charge is 2.68. The third-order valence-corrected chi connectivity index (χ3v) is 2.01. The van der Waals surface area contributed by atoms with Crippen LogP contribution in [0.5, 0.6) is 0 Å². The first-order valence-electron chi connectivity index (χ1n) is 3.15. The molecule has 1 atom stereocenters. The van der Waals surface area contributed by atoms with Crippen molar-refractivity contribution < 1.29 is 48.4 Å². The maximum absolute atomic E-state index is 12.2. The Morgan fingerprint density at radius 2 is 1.44 bits per heavy atom. The Kier molecular flexibility index (Phi) is 4.16. The van der Waals surface area contributed by atoms with Crippen molar-refractivity contribution in [1.29, 1.82) is 0 Å². The molecular weight excluding hydrogens is 277 g/mol. The number of rotatable bonds is 5. The van der Waals surface area contributed by atoms with Gasteiger partial charge in [-0.05, 0) is 0 Å². The molecule has 0 radical (unpaired) electrons. The molecule has 0 rings (SSSR count). The van der Waals surface area contributed by atoms with Gasteiger partial charge in [0, 0.05) is 0 Å². The molecule has 0 spiro atoms. The van der Waals surface area contributed by atoms with Crippen molar-refractivity contribution in [3.63, 3.8) is 0 Å². The monoisotopic (exact) mass is 280 g/mol. The molecule has 1 N–H and O–H groups in total. The second kappa shape index (κ2) is 4.33. The van der Waals surface area contributed by atoms with Crippen LogP contribution in [0.2, 0.25) is 0 Å². The van der Waals surface area contributed by atoms with E-state index < -0.39 is 34.3 Å². The third-order valence-electron chi connectivity index (χ3n) is 1.12. The quantitative estimate of drug-likeness (QED) is 0.614. The van der Waals surface area contributed by atoms with E-state index in [-0.39, 0.29) is 0 Å². The zero-order valence-corrected chi connectivity index (χ0v) is 7.70. The van der Waals surface area contributed by atoms with Crippen LogP contribution >= 0.6 is 0 Å². The van der Waals surface area contributed by atoms with Crippen LogP contribution < -0.4 is 0 Å². The molecule has 0 aliphatic heterocycles. The van der Waals surface area contributed by atoms with Crippen LogP contribution in [0.1, 0.15) is 0 Å². The largest absolute Gasteiger partial charge is 0.460 e. The molecule has 16 heavy (non-hydrogen) atoms. The van der Waals surface area contributed by atoms with Gasteiger partial charge in [-0.1, -0.05) is 0 Å². The standard InChI is InChI=1S/C4H3F7O4S/c5-1(6)2(7)15-3(8,9)4(10,11)16(12,13)14/h1-2H,(H,12,13,14). The van der Waals surface area contributed by atoms with Gasteiger partial charge in [-0.2, -0.15) is 26.0 Å². The summed E-state index contributed by atoms with van der Waals surface area (Å²) < 4.78 is 113. The number of hydrogen-bond acceptors (Lipinski definition) is 3. The lowest BCUT2D eigenvalue weighted by Gasteiger charge is -2.24. The molecule has 0 aliphatic carbocycles. The molecule has 0 aromatic carbocycles. The van der Waals surface area contributed by atoms with Crippen LogP contribution in [0, 0.1) is 0 Å². The molecule has 0 aromatic heterocycles. The predicted molar refractivity (Wildman–Crippen MR) is 33.4 cm³/mol. The van der Waals surface area contributed by atoms with E-state index in [2.05, 4.69) is 4.74 Å². The van der Waals surface area contributed by atoms with Crippen molar-refractivity contribution in [2.75, 3.05) is 0 Å². The first kappa shape index (κ1) is 15.4. The van der Waals surface area contributed by atoms with Gasteiger partial charge in [-0.25, -0.2) is 13.2 Å². The lowest BCUT2D eigenvalue weighted by atomic mass is 10.6. The zero-order valence-electron chi connectivity index (χ0n) is 6.88. The molecule has 0 saturated heterocycles. The van der Waals surface area contributed by atoms with Crippen LogP contribution in [0.25, 0.3) is 0 Å². The Morgan fingerprint density at radius 1 is 1.06 bits per heavy atom. The van der Waals surface area contributed by atoms with E-state index in [9.17, 15) is 39.2 Å². The van der Waals surface area contributed by atoms with Gasteiger partial charge in [-0.3, -0.25) is 9.29 Å². The highest BCUT2D eigenvalue weighted by atomic mass is 32.2. The van der Waals surface area contributed by atoms with E-state index in [1.165, 1.54) is 0 Å². The van der Waals surface area contributed by atoms with Gasteiger partial charge in [0.25, 0.3) is 12.8 Å². The molecule has 0 bridgehead atoms. The van der Waals surface area contributed by atoms with Crippen molar-refractivity contribution in [3.8, 4) is 0 Å². The maximum atomic E-state index is 12.2. The fourth-order valence-electron chi connectivity index (χ4n) is 0.412. The van der Waals surface area contributed by atoms with Crippen LogP contribution in [-0.4, -0.2) is 37.1 Å². The molecule has 0 aliphatic rings. The second-order valence-electron chi connectivity index (χ2n) is 2.31. The number of hydrogen-bond donors (Lipinski definition) is 1. The Bertz CT molecular complexity index is 338. The van der Waals surface area contributed by atoms with Crippen molar-refractivity contribution in [2.45, 2.75) is 24.1 Å². The van der Waals surface area contributed by atoms with E-state index in [0.717, 1.165) is 0 Å². The topological polar surface area (TPSA) is 63.6 Å². The SMILES string of the molecule is O=S(=O)(O)C(F)(F)C(F)(F)OC(F)C(F)F. The molecule has 12 heteroatoms. The smallest absolute Gasteiger partial charge is 0.281 e. The molecule has 4 nitrogen and oxygen atoms in total. The lowest BCUT2D eigenvalue weighted by Crippen LogP contribution is -2.50. The van der Waals surface area contributed by atoms with Crippen molar-refractivity contribution in [2.24, 2.45) is 0 Å². The minimum Gasteiger partial charge on any atom is -0.281 e. The normalized spacial score (nSPS) is 16.6. The van der Waals surface area contributed by atoms with Crippen LogP contribution in [-0.2, 0) is 14.9 Å². The third kappa shape index (κ3) is 2.95. The summed E-state index contributed by atoms with van der Waals surface area (Å²) in [7, 11) is -6.65. The van der Waals surface area contributed by atoms with Crippen molar-refractivity contribution >= 4 is 10.1 Å². The Morgan fingerprint density at radius 3 is 1.69 bits per heavy atom. The zero-order chi connectivity index (χ0) is 13.4. The summed E-state index contributed by atoms with van der Waals surface area (Å²) >= 11 is 0. The molecule has 0 saturated carbocycles. The van der Waals surface area contributed by atoms with E-state index >= 15 is 0 Å². The minimum atomic E-state index is -6.65. The van der Waals surface area contributed by atoms with Crippen molar-refractivity contribution in [3.05, 3.63) is 0 Å². The molecule has 0 amide bonds. The number of alkyl halides is 7. The first-order valence-corrected chi connectivity index (χ1v) is 4.59. The summed E-state index contributed by atoms with van der Waals surface area (Å²) in [5, 5.41) is -6.25. The summed E-state index contributed by atoms with van der Waals surface area (Å²) in [6, 6.07) is 0. The maximum Gasteiger partial charge on any atom is 0.460 e. The molecule has 98 valence electrons. The van der Waals surface area contributed by atoms with Crippen LogP contribution in [0.4, 0.5) is 30.7 Å². The highest BCUT2D eigenvalue weighted by molar-refractivity contribution is 7.86. The summed E-state index contributed by atoms with van der Waals surface area (Å²) in [6.07, 6.45) is -14.5.